The zero-order valence-electron chi connectivity index (χ0n) is 18.9. The summed E-state index contributed by atoms with van der Waals surface area (Å²) in [6.07, 6.45) is 7.05. The smallest absolute Gasteiger partial charge is 0.303 e. The largest absolute Gasteiger partial charge is 0.458 e. The maximum atomic E-state index is 15.4. The van der Waals surface area contributed by atoms with Crippen LogP contribution < -0.4 is 0 Å². The number of alkyl halides is 1. The van der Waals surface area contributed by atoms with Gasteiger partial charge in [-0.05, 0) is 62.2 Å². The highest BCUT2D eigenvalue weighted by Crippen LogP contribution is 2.66. The number of hydrogen-bond donors (Lipinski definition) is 0. The number of carbonyl (C=O) groups is 4. The number of halogens is 1. The average Bonchev–Trinajstić information content (AvgIpc) is 3.00. The Labute approximate surface area is 186 Å². The van der Waals surface area contributed by atoms with Crippen molar-refractivity contribution in [3.05, 3.63) is 35.5 Å². The summed E-state index contributed by atoms with van der Waals surface area (Å²) in [6.45, 7) is 5.89. The summed E-state index contributed by atoms with van der Waals surface area (Å²) in [4.78, 5) is 48.6. The first-order chi connectivity index (χ1) is 14.9. The summed E-state index contributed by atoms with van der Waals surface area (Å²) < 4.78 is 26.1. The summed E-state index contributed by atoms with van der Waals surface area (Å²) in [5.41, 5.74) is -1.30. The van der Waals surface area contributed by atoms with E-state index in [0.717, 1.165) is 5.57 Å². The van der Waals surface area contributed by atoms with Gasteiger partial charge in [0.05, 0.1) is 0 Å². The van der Waals surface area contributed by atoms with E-state index in [2.05, 4.69) is 0 Å². The maximum Gasteiger partial charge on any atom is 0.303 e. The second kappa shape index (κ2) is 7.49. The Balaban J connectivity index is 1.76. The molecule has 0 amide bonds. The number of rotatable bonds is 4. The molecule has 0 unspecified atom stereocenters. The van der Waals surface area contributed by atoms with E-state index >= 15 is 4.39 Å². The van der Waals surface area contributed by atoms with Gasteiger partial charge in [0.2, 0.25) is 5.78 Å². The highest BCUT2D eigenvalue weighted by Gasteiger charge is 2.67. The highest BCUT2D eigenvalue weighted by molar-refractivity contribution is 6.01. The van der Waals surface area contributed by atoms with Crippen LogP contribution in [0.2, 0.25) is 0 Å². The lowest BCUT2D eigenvalue weighted by Gasteiger charge is -2.54. The zero-order valence-corrected chi connectivity index (χ0v) is 18.9. The van der Waals surface area contributed by atoms with Crippen LogP contribution in [0.4, 0.5) is 4.39 Å². The lowest BCUT2D eigenvalue weighted by Crippen LogP contribution is -2.58. The second-order valence-electron chi connectivity index (χ2n) is 9.90. The molecule has 0 heterocycles. The molecule has 4 aliphatic carbocycles. The molecule has 4 aliphatic rings. The molecule has 0 N–H and O–H groups in total. The molecule has 0 aromatic carbocycles. The van der Waals surface area contributed by atoms with Gasteiger partial charge in [0.15, 0.2) is 18.0 Å². The molecular formula is C25H29FO6. The van der Waals surface area contributed by atoms with E-state index in [1.165, 1.54) is 26.0 Å². The molecule has 0 spiro atoms. The third-order valence-corrected chi connectivity index (χ3v) is 8.23. The summed E-state index contributed by atoms with van der Waals surface area (Å²) in [5.74, 6) is -2.04. The fourth-order valence-corrected chi connectivity index (χ4v) is 6.74. The number of allylic oxidation sites excluding steroid dienone is 6. The fraction of sp³-hybridized carbons (Fsp3) is 0.600. The Bertz CT molecular complexity index is 992. The molecule has 2 saturated carbocycles. The van der Waals surface area contributed by atoms with Crippen molar-refractivity contribution in [1.29, 1.82) is 0 Å². The first-order valence-electron chi connectivity index (χ1n) is 11.1. The Morgan fingerprint density at radius 1 is 1.16 bits per heavy atom. The number of hydrogen-bond acceptors (Lipinski definition) is 6. The molecule has 0 saturated heterocycles. The highest BCUT2D eigenvalue weighted by atomic mass is 19.1. The third kappa shape index (κ3) is 3.11. The van der Waals surface area contributed by atoms with Crippen LogP contribution in [0.15, 0.2) is 35.5 Å². The number of Topliss-reactive ketones (excluding diaryl/α,β-unsaturated/α-hetero) is 1. The number of ether oxygens (including phenoxy) is 2. The van der Waals surface area contributed by atoms with Crippen LogP contribution in [0, 0.1) is 22.7 Å². The van der Waals surface area contributed by atoms with Crippen molar-refractivity contribution in [2.45, 2.75) is 65.2 Å². The van der Waals surface area contributed by atoms with Crippen LogP contribution >= 0.6 is 0 Å². The average molecular weight is 444 g/mol. The lowest BCUT2D eigenvalue weighted by atomic mass is 9.51. The summed E-state index contributed by atoms with van der Waals surface area (Å²) in [5, 5.41) is 0. The van der Waals surface area contributed by atoms with E-state index in [1.807, 2.05) is 19.9 Å². The van der Waals surface area contributed by atoms with Gasteiger partial charge in [-0.15, -0.1) is 0 Å². The predicted octanol–water partition coefficient (Wildman–Crippen LogP) is 3.60. The Kier molecular flexibility index (Phi) is 5.30. The van der Waals surface area contributed by atoms with Crippen LogP contribution in [-0.4, -0.2) is 41.9 Å². The van der Waals surface area contributed by atoms with Crippen molar-refractivity contribution < 1.29 is 33.0 Å². The van der Waals surface area contributed by atoms with Gasteiger partial charge >= 0.3 is 11.9 Å². The quantitative estimate of drug-likeness (QED) is 0.487. The maximum absolute atomic E-state index is 15.4. The first-order valence-corrected chi connectivity index (χ1v) is 11.1. The number of carbonyl (C=O) groups excluding carboxylic acids is 4. The molecular weight excluding hydrogens is 415 g/mol. The minimum absolute atomic E-state index is 0.0919. The summed E-state index contributed by atoms with van der Waals surface area (Å²) in [6, 6.07) is 0. The Morgan fingerprint density at radius 2 is 1.88 bits per heavy atom. The van der Waals surface area contributed by atoms with Crippen molar-refractivity contribution in [3.8, 4) is 0 Å². The molecule has 172 valence electrons. The molecule has 0 bridgehead atoms. The van der Waals surface area contributed by atoms with Gasteiger partial charge in [-0.2, -0.15) is 0 Å². The van der Waals surface area contributed by atoms with Crippen molar-refractivity contribution in [1.82, 2.24) is 0 Å². The molecule has 0 radical (unpaired) electrons. The molecule has 32 heavy (non-hydrogen) atoms. The van der Waals surface area contributed by atoms with E-state index in [1.54, 1.807) is 6.08 Å². The minimum atomic E-state index is -1.43. The van der Waals surface area contributed by atoms with E-state index in [4.69, 9.17) is 9.47 Å². The van der Waals surface area contributed by atoms with E-state index in [-0.39, 0.29) is 24.0 Å². The van der Waals surface area contributed by atoms with Gasteiger partial charge in [-0.3, -0.25) is 19.2 Å². The topological polar surface area (TPSA) is 86.7 Å². The van der Waals surface area contributed by atoms with Crippen molar-refractivity contribution in [2.75, 3.05) is 6.61 Å². The first kappa shape index (κ1) is 22.6. The standard InChI is InChI=1S/C25H29FO6/c1-14(27)31-13-22(30)25(32-15(2)28)10-7-19-17-12-21(26)20-11-16(29)5-8-23(20,3)18(17)6-9-24(19,25)4/h5-6,8,11,17,19,21H,7,9-10,12-13H2,1-4H3/t17-,19+,21-,23-,24+,25+/m1/s1. The normalized spacial score (nSPS) is 39.8. The molecule has 2 fully saturated rings. The lowest BCUT2D eigenvalue weighted by molar-refractivity contribution is -0.184. The monoisotopic (exact) mass is 444 g/mol. The SMILES string of the molecule is CC(=O)OCC(=O)[C@@]1(OC(C)=O)CC[C@H]2[C@@H]3C[C@@H](F)C4=CC(=O)C=C[C@]4(C)C3=CC[C@@]21C. The molecule has 0 aliphatic heterocycles. The van der Waals surface area contributed by atoms with Crippen molar-refractivity contribution >= 4 is 23.5 Å². The predicted molar refractivity (Wildman–Crippen MR) is 113 cm³/mol. The Morgan fingerprint density at radius 3 is 2.53 bits per heavy atom. The van der Waals surface area contributed by atoms with Gasteiger partial charge in [0.25, 0.3) is 0 Å². The Hall–Kier alpha value is -2.57. The van der Waals surface area contributed by atoms with Gasteiger partial charge in [0.1, 0.15) is 6.17 Å². The number of fused-ring (bicyclic) bond motifs is 5. The van der Waals surface area contributed by atoms with Gasteiger partial charge in [0, 0.05) is 24.7 Å². The molecule has 0 aromatic rings. The molecule has 4 rings (SSSR count). The van der Waals surface area contributed by atoms with Crippen molar-refractivity contribution in [2.24, 2.45) is 22.7 Å². The van der Waals surface area contributed by atoms with Gasteiger partial charge in [-0.25, -0.2) is 4.39 Å². The number of esters is 2. The van der Waals surface area contributed by atoms with E-state index in [0.29, 0.717) is 24.8 Å². The summed E-state index contributed by atoms with van der Waals surface area (Å²) >= 11 is 0. The molecule has 0 aromatic heterocycles. The van der Waals surface area contributed by atoms with E-state index < -0.39 is 46.9 Å². The summed E-state index contributed by atoms with van der Waals surface area (Å²) in [7, 11) is 0. The van der Waals surface area contributed by atoms with Crippen LogP contribution in [0.5, 0.6) is 0 Å². The molecule has 7 heteroatoms. The fourth-order valence-electron chi connectivity index (χ4n) is 6.74. The van der Waals surface area contributed by atoms with Crippen molar-refractivity contribution in [3.63, 3.8) is 0 Å². The second-order valence-corrected chi connectivity index (χ2v) is 9.90. The number of ketones is 2. The zero-order chi connectivity index (χ0) is 23.5. The van der Waals surface area contributed by atoms with E-state index in [9.17, 15) is 19.2 Å². The van der Waals surface area contributed by atoms with Gasteiger partial charge in [-0.1, -0.05) is 24.6 Å². The van der Waals surface area contributed by atoms with Crippen LogP contribution in [0.1, 0.15) is 53.4 Å². The molecule has 6 atom stereocenters. The van der Waals surface area contributed by atoms with Crippen LogP contribution in [0.25, 0.3) is 0 Å². The third-order valence-electron chi connectivity index (χ3n) is 8.23. The minimum Gasteiger partial charge on any atom is -0.458 e. The van der Waals surface area contributed by atoms with Gasteiger partial charge < -0.3 is 9.47 Å². The molecule has 6 nitrogen and oxygen atoms in total. The van der Waals surface area contributed by atoms with Crippen LogP contribution in [-0.2, 0) is 28.7 Å². The van der Waals surface area contributed by atoms with Crippen LogP contribution in [0.3, 0.4) is 0 Å².